The first-order valence-corrected chi connectivity index (χ1v) is 29.6. The van der Waals surface area contributed by atoms with Crippen LogP contribution in [0.2, 0.25) is 0 Å². The van der Waals surface area contributed by atoms with Crippen LogP contribution in [0.25, 0.3) is 159 Å². The lowest BCUT2D eigenvalue weighted by atomic mass is 9.91. The zero-order valence-electron chi connectivity index (χ0n) is 46.9. The van der Waals surface area contributed by atoms with Crippen molar-refractivity contribution in [2.45, 2.75) is 0 Å². The maximum atomic E-state index is 7.53. The van der Waals surface area contributed by atoms with Gasteiger partial charge >= 0.3 is 0 Å². The Bertz CT molecular complexity index is 5800. The van der Waals surface area contributed by atoms with Crippen LogP contribution < -0.4 is 4.90 Å². The topological polar surface area (TPSA) is 60.0 Å². The maximum absolute atomic E-state index is 7.53. The first-order chi connectivity index (χ1) is 43.1. The Balaban J connectivity index is 0.894. The first-order valence-electron chi connectivity index (χ1n) is 29.6. The van der Waals surface area contributed by atoms with Gasteiger partial charge in [0.15, 0.2) is 11.6 Å². The molecule has 18 rings (SSSR count). The van der Waals surface area contributed by atoms with Crippen molar-refractivity contribution in [2.75, 3.05) is 4.90 Å². The van der Waals surface area contributed by atoms with E-state index < -0.39 is 0 Å². The molecular formula is C81H49N5O. The Kier molecular flexibility index (Phi) is 10.9. The minimum atomic E-state index is 0.510. The summed E-state index contributed by atoms with van der Waals surface area (Å²) in [4.78, 5) is 18.5. The van der Waals surface area contributed by atoms with Crippen LogP contribution in [-0.2, 0) is 0 Å². The Labute approximate surface area is 499 Å². The molecule has 0 unspecified atom stereocenters. The molecule has 0 amide bonds. The second-order valence-corrected chi connectivity index (χ2v) is 22.6. The Hall–Kier alpha value is -11.7. The number of aromatic nitrogens is 4. The molecule has 0 atom stereocenters. The average Bonchev–Trinajstić information content (AvgIpc) is 1.77. The van der Waals surface area contributed by atoms with Crippen LogP contribution in [0.3, 0.4) is 0 Å². The molecule has 0 saturated heterocycles. The van der Waals surface area contributed by atoms with E-state index in [1.165, 1.54) is 43.1 Å². The number of furan rings is 1. The molecule has 0 aliphatic carbocycles. The molecule has 87 heavy (non-hydrogen) atoms. The van der Waals surface area contributed by atoms with E-state index in [2.05, 4.69) is 282 Å². The van der Waals surface area contributed by atoms with Crippen LogP contribution in [0.4, 0.5) is 17.1 Å². The highest BCUT2D eigenvalue weighted by atomic mass is 16.3. The van der Waals surface area contributed by atoms with Crippen LogP contribution in [0.15, 0.2) is 302 Å². The van der Waals surface area contributed by atoms with E-state index in [9.17, 15) is 0 Å². The van der Waals surface area contributed by atoms with E-state index >= 15 is 0 Å². The third-order valence-electron chi connectivity index (χ3n) is 17.8. The smallest absolute Gasteiger partial charge is 0.238 e. The molecule has 0 aliphatic rings. The van der Waals surface area contributed by atoms with E-state index in [1.807, 2.05) is 24.3 Å². The van der Waals surface area contributed by atoms with Crippen molar-refractivity contribution in [1.29, 1.82) is 0 Å². The van der Waals surface area contributed by atoms with Crippen molar-refractivity contribution in [1.82, 2.24) is 19.5 Å². The second-order valence-electron chi connectivity index (χ2n) is 22.6. The van der Waals surface area contributed by atoms with Gasteiger partial charge < -0.3 is 9.32 Å². The Morgan fingerprint density at radius 3 is 1.44 bits per heavy atom. The lowest BCUT2D eigenvalue weighted by Gasteiger charge is -2.26. The monoisotopic (exact) mass is 1110 g/mol. The molecule has 3 heterocycles. The van der Waals surface area contributed by atoms with Crippen LogP contribution in [0.1, 0.15) is 0 Å². The van der Waals surface area contributed by atoms with E-state index in [4.69, 9.17) is 19.4 Å². The first kappa shape index (κ1) is 48.8. The Morgan fingerprint density at radius 2 is 0.724 bits per heavy atom. The highest BCUT2D eigenvalue weighted by molar-refractivity contribution is 6.38. The summed E-state index contributed by atoms with van der Waals surface area (Å²) in [7, 11) is 0. The quantitative estimate of drug-likeness (QED) is 0.142. The maximum Gasteiger partial charge on any atom is 0.238 e. The molecule has 18 aromatic rings. The van der Waals surface area contributed by atoms with Crippen molar-refractivity contribution in [2.24, 2.45) is 0 Å². The molecule has 3 aromatic heterocycles. The summed E-state index contributed by atoms with van der Waals surface area (Å²) in [6.45, 7) is 0. The number of nitrogens with zero attached hydrogens (tertiary/aromatic N) is 5. The van der Waals surface area contributed by atoms with Gasteiger partial charge in [-0.25, -0.2) is 4.98 Å². The summed E-state index contributed by atoms with van der Waals surface area (Å²) in [6.07, 6.45) is 0. The summed E-state index contributed by atoms with van der Waals surface area (Å²) in [6, 6.07) is 107. The van der Waals surface area contributed by atoms with E-state index in [1.54, 1.807) is 0 Å². The van der Waals surface area contributed by atoms with Crippen LogP contribution >= 0.6 is 0 Å². The number of hydrogen-bond acceptors (Lipinski definition) is 5. The van der Waals surface area contributed by atoms with Crippen molar-refractivity contribution in [3.63, 3.8) is 0 Å². The number of benzene rings is 15. The average molecular weight is 1110 g/mol. The largest absolute Gasteiger partial charge is 0.455 e. The molecule has 0 fully saturated rings. The van der Waals surface area contributed by atoms with Crippen molar-refractivity contribution < 1.29 is 4.42 Å². The number of fused-ring (bicyclic) bond motifs is 19. The fourth-order valence-corrected chi connectivity index (χ4v) is 13.8. The summed E-state index contributed by atoms with van der Waals surface area (Å²) >= 11 is 0. The molecule has 0 spiro atoms. The Morgan fingerprint density at radius 1 is 0.264 bits per heavy atom. The third-order valence-corrected chi connectivity index (χ3v) is 17.8. The van der Waals surface area contributed by atoms with Crippen molar-refractivity contribution in [3.8, 4) is 51.0 Å². The lowest BCUT2D eigenvalue weighted by Crippen LogP contribution is -2.10. The predicted molar refractivity (Wildman–Crippen MR) is 363 cm³/mol. The molecule has 0 aliphatic heterocycles. The van der Waals surface area contributed by atoms with Gasteiger partial charge in [-0.2, -0.15) is 9.97 Å². The second kappa shape index (κ2) is 19.4. The zero-order valence-corrected chi connectivity index (χ0v) is 46.9. The van der Waals surface area contributed by atoms with Gasteiger partial charge in [-0.15, -0.1) is 0 Å². The molecule has 6 nitrogen and oxygen atoms in total. The van der Waals surface area contributed by atoms with Gasteiger partial charge in [-0.05, 0) is 142 Å². The molecule has 0 saturated carbocycles. The van der Waals surface area contributed by atoms with Gasteiger partial charge in [0, 0.05) is 55.8 Å². The fraction of sp³-hybridized carbons (Fsp3) is 0. The van der Waals surface area contributed by atoms with Crippen LogP contribution in [0.5, 0.6) is 0 Å². The summed E-state index contributed by atoms with van der Waals surface area (Å²) < 4.78 is 9.76. The minimum absolute atomic E-state index is 0.510. The van der Waals surface area contributed by atoms with Gasteiger partial charge in [0.1, 0.15) is 11.2 Å². The fourth-order valence-electron chi connectivity index (χ4n) is 13.8. The SMILES string of the molecule is c1ccc(-c2cccc(-c3nc(-c4ccccc4)nc(-n4c5ccc6c7ccc(N(c8cccc(-c9ccccc9)c8)c8ccc9c(ccc%10c%11ccccc%11ccc9%10)c8)cc7oc6c5c5c6c7ccccc7c7ccccc7c6ccc54)n3)c2)cc1. The van der Waals surface area contributed by atoms with E-state index in [-0.39, 0.29) is 0 Å². The molecule has 15 aromatic carbocycles. The molecule has 0 bridgehead atoms. The zero-order chi connectivity index (χ0) is 57.1. The molecule has 0 radical (unpaired) electrons. The van der Waals surface area contributed by atoms with Crippen molar-refractivity contribution >= 4 is 125 Å². The number of hydrogen-bond donors (Lipinski definition) is 0. The molecule has 6 heteroatoms. The summed E-state index contributed by atoms with van der Waals surface area (Å²) in [5, 5.41) is 18.5. The van der Waals surface area contributed by atoms with Crippen LogP contribution in [0, 0.1) is 0 Å². The van der Waals surface area contributed by atoms with Crippen LogP contribution in [-0.4, -0.2) is 19.5 Å². The number of anilines is 3. The van der Waals surface area contributed by atoms with Crippen molar-refractivity contribution in [3.05, 3.63) is 297 Å². The molecule has 404 valence electrons. The van der Waals surface area contributed by atoms with E-state index in [0.29, 0.717) is 17.6 Å². The lowest BCUT2D eigenvalue weighted by molar-refractivity contribution is 0.673. The summed E-state index contributed by atoms with van der Waals surface area (Å²) in [5.74, 6) is 1.67. The highest BCUT2D eigenvalue weighted by Crippen LogP contribution is 2.48. The van der Waals surface area contributed by atoms with Gasteiger partial charge in [0.2, 0.25) is 5.95 Å². The normalized spacial score (nSPS) is 11.9. The van der Waals surface area contributed by atoms with Gasteiger partial charge in [0.25, 0.3) is 0 Å². The van der Waals surface area contributed by atoms with Gasteiger partial charge in [0.05, 0.1) is 16.4 Å². The molecule has 0 N–H and O–H groups in total. The van der Waals surface area contributed by atoms with Gasteiger partial charge in [-0.3, -0.25) is 4.57 Å². The van der Waals surface area contributed by atoms with Gasteiger partial charge in [-0.1, -0.05) is 231 Å². The molecular weight excluding hydrogens is 1060 g/mol. The number of rotatable bonds is 8. The standard InChI is InChI=1S/C81H49N5O/c1-4-18-50(19-5-1)54-25-16-27-57(46-54)80-82-79(53-23-8-3-9-24-53)83-81(84-80)86-72-44-42-70-65-32-13-12-30-63(65)64-31-14-15-33-69(64)75(70)76(72)77-73(86)45-43-71-68-41-37-60(49-74(68)87-78(71)77)85(58-28-17-26-55(47-58)51-20-6-2-7-21-51)59-36-40-62-56(48-59)35-39-66-61-29-11-10-22-52(61)34-38-67(62)66/h1-49H. The summed E-state index contributed by atoms with van der Waals surface area (Å²) in [5.41, 5.74) is 12.8. The van der Waals surface area contributed by atoms with E-state index in [0.717, 1.165) is 116 Å². The highest BCUT2D eigenvalue weighted by Gasteiger charge is 2.26. The predicted octanol–water partition coefficient (Wildman–Crippen LogP) is 21.9. The minimum Gasteiger partial charge on any atom is -0.455 e. The third kappa shape index (κ3) is 7.78.